The lowest BCUT2D eigenvalue weighted by Crippen LogP contribution is -2.29. The summed E-state index contributed by atoms with van der Waals surface area (Å²) in [5.41, 5.74) is 0. The molecule has 0 radical (unpaired) electrons. The molecule has 0 heterocycles. The Morgan fingerprint density at radius 1 is 1.24 bits per heavy atom. The maximum absolute atomic E-state index is 13.1. The van der Waals surface area contributed by atoms with Crippen molar-refractivity contribution in [2.45, 2.75) is 66.0 Å². The van der Waals surface area contributed by atoms with E-state index in [9.17, 15) is 9.83 Å². The zero-order valence-corrected chi connectivity index (χ0v) is 15.1. The highest BCUT2D eigenvalue weighted by Gasteiger charge is 2.49. The van der Waals surface area contributed by atoms with Gasteiger partial charge in [0, 0.05) is 13.1 Å². The first-order chi connectivity index (χ1) is 9.64. The van der Waals surface area contributed by atoms with Crippen LogP contribution < -0.4 is 0 Å². The third-order valence-corrected chi connectivity index (χ3v) is 5.41. The van der Waals surface area contributed by atoms with Gasteiger partial charge in [-0.2, -0.15) is 5.26 Å². The molecule has 6 nitrogen and oxygen atoms in total. The van der Waals surface area contributed by atoms with Crippen molar-refractivity contribution in [3.63, 3.8) is 0 Å². The van der Waals surface area contributed by atoms with E-state index in [0.717, 1.165) is 13.1 Å². The van der Waals surface area contributed by atoms with E-state index in [1.807, 2.05) is 24.8 Å². The number of hydrogen-bond acceptors (Lipinski definition) is 5. The molecule has 0 saturated carbocycles. The molecule has 0 bridgehead atoms. The van der Waals surface area contributed by atoms with Gasteiger partial charge in [-0.3, -0.25) is 4.57 Å². The van der Waals surface area contributed by atoms with Crippen molar-refractivity contribution in [2.24, 2.45) is 4.99 Å². The summed E-state index contributed by atoms with van der Waals surface area (Å²) in [4.78, 5) is 6.13. The third-order valence-electron chi connectivity index (χ3n) is 2.73. The van der Waals surface area contributed by atoms with Crippen LogP contribution in [0.2, 0.25) is 0 Å². The molecule has 0 saturated heterocycles. The molecule has 0 rings (SSSR count). The molecule has 0 N–H and O–H groups in total. The van der Waals surface area contributed by atoms with Crippen LogP contribution in [0.25, 0.3) is 0 Å². The lowest BCUT2D eigenvalue weighted by molar-refractivity contribution is 0.132. The fourth-order valence-electron chi connectivity index (χ4n) is 1.53. The zero-order valence-electron chi connectivity index (χ0n) is 14.2. The van der Waals surface area contributed by atoms with Crippen molar-refractivity contribution >= 4 is 13.9 Å². The predicted octanol–water partition coefficient (Wildman–Crippen LogP) is 3.64. The molecular formula is C14H28N3O3P. The van der Waals surface area contributed by atoms with Crippen LogP contribution in [0.4, 0.5) is 0 Å². The fourth-order valence-corrected chi connectivity index (χ4v) is 3.41. The summed E-state index contributed by atoms with van der Waals surface area (Å²) in [6, 6.07) is 2.00. The molecule has 0 aliphatic rings. The highest BCUT2D eigenvalue weighted by atomic mass is 31.2. The quantitative estimate of drug-likeness (QED) is 0.369. The Morgan fingerprint density at radius 3 is 1.95 bits per heavy atom. The molecule has 0 aliphatic heterocycles. The lowest BCUT2D eigenvalue weighted by atomic mass is 10.4. The number of aliphatic imine (C=N–C) groups is 1. The average molecular weight is 317 g/mol. The number of hydrogen-bond donors (Lipinski definition) is 0. The first-order valence-corrected chi connectivity index (χ1v) is 8.86. The largest absolute Gasteiger partial charge is 0.372 e. The first-order valence-electron chi connectivity index (χ1n) is 7.31. The van der Waals surface area contributed by atoms with Gasteiger partial charge in [0.1, 0.15) is 6.07 Å². The van der Waals surface area contributed by atoms with Gasteiger partial charge in [-0.25, -0.2) is 4.99 Å². The highest BCUT2D eigenvalue weighted by molar-refractivity contribution is 7.56. The summed E-state index contributed by atoms with van der Waals surface area (Å²) in [5.74, 6) is 0. The van der Waals surface area contributed by atoms with E-state index in [1.54, 1.807) is 34.0 Å². The van der Waals surface area contributed by atoms with E-state index >= 15 is 0 Å². The van der Waals surface area contributed by atoms with Crippen LogP contribution in [0.5, 0.6) is 0 Å². The predicted molar refractivity (Wildman–Crippen MR) is 85.5 cm³/mol. The summed E-state index contributed by atoms with van der Waals surface area (Å²) >= 11 is 0. The van der Waals surface area contributed by atoms with Gasteiger partial charge in [0.15, 0.2) is 0 Å². The minimum atomic E-state index is -3.72. The molecule has 1 atom stereocenters. The van der Waals surface area contributed by atoms with Gasteiger partial charge in [-0.1, -0.05) is 0 Å². The molecule has 0 aromatic heterocycles. The SMILES string of the molecule is CCN(C=NC(C)(C#N)P(=O)(OC(C)C)OC(C)C)CC. The van der Waals surface area contributed by atoms with Crippen molar-refractivity contribution in [1.29, 1.82) is 5.26 Å². The van der Waals surface area contributed by atoms with Crippen LogP contribution in [0, 0.1) is 11.3 Å². The monoisotopic (exact) mass is 317 g/mol. The molecule has 21 heavy (non-hydrogen) atoms. The lowest BCUT2D eigenvalue weighted by Gasteiger charge is -2.31. The van der Waals surface area contributed by atoms with E-state index in [0.29, 0.717) is 0 Å². The van der Waals surface area contributed by atoms with Crippen molar-refractivity contribution in [2.75, 3.05) is 13.1 Å². The summed E-state index contributed by atoms with van der Waals surface area (Å²) in [6.07, 6.45) is 0.889. The Balaban J connectivity index is 5.57. The average Bonchev–Trinajstić information content (AvgIpc) is 2.37. The molecule has 0 amide bonds. The third kappa shape index (κ3) is 5.78. The van der Waals surface area contributed by atoms with Gasteiger partial charge >= 0.3 is 7.60 Å². The standard InChI is InChI=1S/C14H28N3O3P/c1-8-17(9-2)11-16-14(7,10-15)21(18,19-12(3)4)20-13(5)6/h11-13H,8-9H2,1-7H3. The van der Waals surface area contributed by atoms with Crippen LogP contribution >= 0.6 is 7.60 Å². The van der Waals surface area contributed by atoms with E-state index in [-0.39, 0.29) is 12.2 Å². The smallest absolute Gasteiger partial charge is 0.363 e. The second-order valence-corrected chi connectivity index (χ2v) is 7.69. The van der Waals surface area contributed by atoms with Crippen LogP contribution in [0.3, 0.4) is 0 Å². The highest BCUT2D eigenvalue weighted by Crippen LogP contribution is 2.61. The Labute approximate surface area is 128 Å². The van der Waals surface area contributed by atoms with Gasteiger partial charge in [0.25, 0.3) is 0 Å². The van der Waals surface area contributed by atoms with Crippen LogP contribution in [-0.4, -0.2) is 41.8 Å². The topological polar surface area (TPSA) is 74.9 Å². The molecule has 122 valence electrons. The molecule has 0 aromatic carbocycles. The van der Waals surface area contributed by atoms with Gasteiger partial charge in [0.05, 0.1) is 18.5 Å². The number of rotatable bonds is 9. The van der Waals surface area contributed by atoms with Crippen molar-refractivity contribution in [3.05, 3.63) is 0 Å². The summed E-state index contributed by atoms with van der Waals surface area (Å²) in [6.45, 7) is 14.0. The van der Waals surface area contributed by atoms with Gasteiger partial charge in [-0.05, 0) is 48.5 Å². The molecule has 1 unspecified atom stereocenters. The molecular weight excluding hydrogens is 289 g/mol. The first kappa shape index (κ1) is 20.1. The summed E-state index contributed by atoms with van der Waals surface area (Å²) in [5, 5.41) is 7.93. The van der Waals surface area contributed by atoms with Crippen LogP contribution in [0.15, 0.2) is 4.99 Å². The Kier molecular flexibility index (Phi) is 8.17. The Bertz CT molecular complexity index is 414. The Hall–Kier alpha value is -0.890. The molecule has 0 spiro atoms. The van der Waals surface area contributed by atoms with Gasteiger partial charge in [0.2, 0.25) is 5.28 Å². The minimum Gasteiger partial charge on any atom is -0.363 e. The number of nitriles is 1. The van der Waals surface area contributed by atoms with Gasteiger partial charge < -0.3 is 13.9 Å². The van der Waals surface area contributed by atoms with E-state index < -0.39 is 12.9 Å². The molecule has 0 aliphatic carbocycles. The zero-order chi connectivity index (χ0) is 16.7. The Morgan fingerprint density at radius 2 is 1.67 bits per heavy atom. The fraction of sp³-hybridized carbons (Fsp3) is 0.857. The van der Waals surface area contributed by atoms with Crippen molar-refractivity contribution in [3.8, 4) is 6.07 Å². The second kappa shape index (κ2) is 8.53. The van der Waals surface area contributed by atoms with Crippen LogP contribution in [0.1, 0.15) is 48.5 Å². The molecule has 0 fully saturated rings. The summed E-state index contributed by atoms with van der Waals surface area (Å²) in [7, 11) is -3.72. The molecule has 0 aromatic rings. The van der Waals surface area contributed by atoms with Gasteiger partial charge in [-0.15, -0.1) is 0 Å². The molecule has 7 heteroatoms. The maximum Gasteiger partial charge on any atom is 0.372 e. The second-order valence-electron chi connectivity index (χ2n) is 5.40. The maximum atomic E-state index is 13.1. The normalized spacial score (nSPS) is 15.4. The van der Waals surface area contributed by atoms with Crippen LogP contribution in [-0.2, 0) is 13.6 Å². The van der Waals surface area contributed by atoms with E-state index in [1.165, 1.54) is 6.92 Å². The summed E-state index contributed by atoms with van der Waals surface area (Å²) < 4.78 is 24.0. The van der Waals surface area contributed by atoms with Crippen molar-refractivity contribution in [1.82, 2.24) is 4.90 Å². The van der Waals surface area contributed by atoms with E-state index in [4.69, 9.17) is 9.05 Å². The minimum absolute atomic E-state index is 0.328. The number of nitrogens with zero attached hydrogens (tertiary/aromatic N) is 3. The van der Waals surface area contributed by atoms with Crippen molar-refractivity contribution < 1.29 is 13.6 Å². The van der Waals surface area contributed by atoms with E-state index in [2.05, 4.69) is 4.99 Å².